The predicted octanol–water partition coefficient (Wildman–Crippen LogP) is 6.12. The molecular formula is C18H26. The average molecular weight is 242 g/mol. The number of fused-ring (bicyclic) bond motifs is 1. The maximum Gasteiger partial charge on any atom is -0.0155 e. The molecule has 0 aliphatic carbocycles. The van der Waals surface area contributed by atoms with Crippen molar-refractivity contribution in [2.45, 2.75) is 52.9 Å². The fourth-order valence-corrected chi connectivity index (χ4v) is 2.06. The highest BCUT2D eigenvalue weighted by atomic mass is 14.0. The smallest absolute Gasteiger partial charge is 0.0155 e. The van der Waals surface area contributed by atoms with Crippen molar-refractivity contribution >= 4 is 10.8 Å². The molecule has 0 radical (unpaired) electrons. The summed E-state index contributed by atoms with van der Waals surface area (Å²) in [5.74, 6) is 0. The minimum absolute atomic E-state index is 1.33. The van der Waals surface area contributed by atoms with Gasteiger partial charge in [-0.2, -0.15) is 0 Å². The summed E-state index contributed by atoms with van der Waals surface area (Å²) in [4.78, 5) is 0. The van der Waals surface area contributed by atoms with E-state index in [-0.39, 0.29) is 0 Å². The summed E-state index contributed by atoms with van der Waals surface area (Å²) in [7, 11) is 0. The van der Waals surface area contributed by atoms with Gasteiger partial charge in [-0.1, -0.05) is 88.4 Å². The topological polar surface area (TPSA) is 0 Å². The molecule has 0 saturated heterocycles. The summed E-state index contributed by atoms with van der Waals surface area (Å²) >= 11 is 0. The molecule has 0 N–H and O–H groups in total. The molecule has 2 aromatic carbocycles. The van der Waals surface area contributed by atoms with E-state index in [9.17, 15) is 0 Å². The lowest BCUT2D eigenvalue weighted by molar-refractivity contribution is 0.656. The molecule has 2 aromatic rings. The molecule has 0 bridgehead atoms. The first kappa shape index (κ1) is 14.8. The van der Waals surface area contributed by atoms with Gasteiger partial charge in [0.15, 0.2) is 0 Å². The third-order valence-electron chi connectivity index (χ3n) is 3.21. The highest BCUT2D eigenvalue weighted by molar-refractivity contribution is 5.85. The normalized spacial score (nSPS) is 9.94. The molecule has 0 heterocycles. The molecule has 0 atom stereocenters. The van der Waals surface area contributed by atoms with Gasteiger partial charge in [0, 0.05) is 0 Å². The Hall–Kier alpha value is -1.30. The molecule has 2 rings (SSSR count). The third-order valence-corrected chi connectivity index (χ3v) is 3.21. The van der Waals surface area contributed by atoms with Crippen LogP contribution in [-0.2, 0) is 0 Å². The van der Waals surface area contributed by atoms with Crippen LogP contribution >= 0.6 is 0 Å². The van der Waals surface area contributed by atoms with Gasteiger partial charge in [0.05, 0.1) is 0 Å². The largest absolute Gasteiger partial charge is 0.0654 e. The highest BCUT2D eigenvalue weighted by Gasteiger charge is 1.92. The zero-order chi connectivity index (χ0) is 13.2. The van der Waals surface area contributed by atoms with Crippen LogP contribution in [0.3, 0.4) is 0 Å². The quantitative estimate of drug-likeness (QED) is 0.566. The molecule has 0 fully saturated rings. The lowest BCUT2D eigenvalue weighted by atomic mass is 10.1. The van der Waals surface area contributed by atoms with E-state index in [2.05, 4.69) is 63.2 Å². The molecule has 0 spiro atoms. The maximum atomic E-state index is 2.25. The Morgan fingerprint density at radius 3 is 1.94 bits per heavy atom. The van der Waals surface area contributed by atoms with Crippen LogP contribution in [-0.4, -0.2) is 0 Å². The zero-order valence-electron chi connectivity index (χ0n) is 12.1. The fourth-order valence-electron chi connectivity index (χ4n) is 2.06. The molecule has 0 aromatic heterocycles. The van der Waals surface area contributed by atoms with Crippen LogP contribution in [0.15, 0.2) is 42.5 Å². The number of benzene rings is 2. The highest BCUT2D eigenvalue weighted by Crippen LogP contribution is 2.16. The van der Waals surface area contributed by atoms with E-state index in [4.69, 9.17) is 0 Å². The summed E-state index contributed by atoms with van der Waals surface area (Å²) in [6.07, 6.45) is 7.01. The minimum Gasteiger partial charge on any atom is -0.0654 e. The van der Waals surface area contributed by atoms with E-state index in [1.54, 1.807) is 0 Å². The SMILES string of the molecule is CCCCCCC.Cc1cccc2ccccc12. The van der Waals surface area contributed by atoms with Gasteiger partial charge in [-0.25, -0.2) is 0 Å². The first-order valence-corrected chi connectivity index (χ1v) is 7.24. The lowest BCUT2D eigenvalue weighted by Gasteiger charge is -1.98. The Kier molecular flexibility index (Phi) is 7.17. The van der Waals surface area contributed by atoms with E-state index >= 15 is 0 Å². The fraction of sp³-hybridized carbons (Fsp3) is 0.444. The van der Waals surface area contributed by atoms with Crippen LogP contribution in [0.1, 0.15) is 51.5 Å². The van der Waals surface area contributed by atoms with Gasteiger partial charge in [0.2, 0.25) is 0 Å². The number of hydrogen-bond donors (Lipinski definition) is 0. The Labute approximate surface area is 112 Å². The lowest BCUT2D eigenvalue weighted by Crippen LogP contribution is -1.75. The molecular weight excluding hydrogens is 216 g/mol. The molecule has 0 heteroatoms. The second-order valence-corrected chi connectivity index (χ2v) is 4.86. The Morgan fingerprint density at radius 2 is 1.33 bits per heavy atom. The van der Waals surface area contributed by atoms with Crippen molar-refractivity contribution in [2.24, 2.45) is 0 Å². The third kappa shape index (κ3) is 4.91. The summed E-state index contributed by atoms with van der Waals surface area (Å²) < 4.78 is 0. The molecule has 0 nitrogen and oxygen atoms in total. The van der Waals surface area contributed by atoms with Crippen molar-refractivity contribution in [1.29, 1.82) is 0 Å². The molecule has 0 aliphatic rings. The van der Waals surface area contributed by atoms with E-state index in [1.807, 2.05) is 0 Å². The Morgan fingerprint density at radius 1 is 0.722 bits per heavy atom. The molecule has 0 unspecified atom stereocenters. The number of rotatable bonds is 4. The first-order valence-electron chi connectivity index (χ1n) is 7.24. The van der Waals surface area contributed by atoms with E-state index in [0.717, 1.165) is 0 Å². The second kappa shape index (κ2) is 8.74. The summed E-state index contributed by atoms with van der Waals surface area (Å²) in [6.45, 7) is 6.63. The van der Waals surface area contributed by atoms with Crippen molar-refractivity contribution in [1.82, 2.24) is 0 Å². The van der Waals surface area contributed by atoms with Crippen molar-refractivity contribution < 1.29 is 0 Å². The van der Waals surface area contributed by atoms with Gasteiger partial charge in [-0.3, -0.25) is 0 Å². The van der Waals surface area contributed by atoms with Crippen LogP contribution in [0, 0.1) is 6.92 Å². The Balaban J connectivity index is 0.000000203. The molecule has 0 saturated carbocycles. The summed E-state index contributed by atoms with van der Waals surface area (Å²) in [5.41, 5.74) is 1.35. The van der Waals surface area contributed by atoms with Crippen molar-refractivity contribution in [2.75, 3.05) is 0 Å². The van der Waals surface area contributed by atoms with Crippen LogP contribution in [0.25, 0.3) is 10.8 Å². The number of hydrogen-bond acceptors (Lipinski definition) is 0. The molecule has 98 valence electrons. The van der Waals surface area contributed by atoms with Crippen LogP contribution in [0.2, 0.25) is 0 Å². The number of aryl methyl sites for hydroxylation is 1. The van der Waals surface area contributed by atoms with Gasteiger partial charge in [-0.05, 0) is 23.3 Å². The van der Waals surface area contributed by atoms with Crippen LogP contribution in [0.5, 0.6) is 0 Å². The summed E-state index contributed by atoms with van der Waals surface area (Å²) in [6, 6.07) is 14.8. The van der Waals surface area contributed by atoms with Gasteiger partial charge < -0.3 is 0 Å². The minimum atomic E-state index is 1.33. The van der Waals surface area contributed by atoms with Crippen LogP contribution < -0.4 is 0 Å². The van der Waals surface area contributed by atoms with Crippen LogP contribution in [0.4, 0.5) is 0 Å². The number of unbranched alkanes of at least 4 members (excludes halogenated alkanes) is 4. The van der Waals surface area contributed by atoms with Gasteiger partial charge in [0.1, 0.15) is 0 Å². The van der Waals surface area contributed by atoms with Gasteiger partial charge >= 0.3 is 0 Å². The molecule has 18 heavy (non-hydrogen) atoms. The van der Waals surface area contributed by atoms with Gasteiger partial charge in [0.25, 0.3) is 0 Å². The maximum absolute atomic E-state index is 2.25. The second-order valence-electron chi connectivity index (χ2n) is 4.86. The molecule has 0 aliphatic heterocycles. The first-order chi connectivity index (χ1) is 8.79. The standard InChI is InChI=1S/C11H10.C7H16/c1-9-5-4-7-10-6-2-3-8-11(9)10;1-3-5-7-6-4-2/h2-8H,1H3;3-7H2,1-2H3. The monoisotopic (exact) mass is 242 g/mol. The predicted molar refractivity (Wildman–Crippen MR) is 83.1 cm³/mol. The van der Waals surface area contributed by atoms with E-state index in [0.29, 0.717) is 0 Å². The molecule has 0 amide bonds. The average Bonchev–Trinajstić information content (AvgIpc) is 2.41. The van der Waals surface area contributed by atoms with E-state index < -0.39 is 0 Å². The van der Waals surface area contributed by atoms with Gasteiger partial charge in [-0.15, -0.1) is 0 Å². The van der Waals surface area contributed by atoms with E-state index in [1.165, 1.54) is 48.4 Å². The Bertz CT molecular complexity index is 433. The summed E-state index contributed by atoms with van der Waals surface area (Å²) in [5, 5.41) is 2.68. The van der Waals surface area contributed by atoms with Crippen molar-refractivity contribution in [3.05, 3.63) is 48.0 Å². The van der Waals surface area contributed by atoms with Crippen molar-refractivity contribution in [3.63, 3.8) is 0 Å². The zero-order valence-corrected chi connectivity index (χ0v) is 12.1. The van der Waals surface area contributed by atoms with Crippen molar-refractivity contribution in [3.8, 4) is 0 Å².